The first-order valence-electron chi connectivity index (χ1n) is 4.44. The minimum atomic E-state index is -0.415. The van der Waals surface area contributed by atoms with Crippen LogP contribution in [-0.4, -0.2) is 13.1 Å². The molecule has 3 nitrogen and oxygen atoms in total. The lowest BCUT2D eigenvalue weighted by Crippen LogP contribution is -2.06. The summed E-state index contributed by atoms with van der Waals surface area (Å²) < 4.78 is 16.9. The summed E-state index contributed by atoms with van der Waals surface area (Å²) in [7, 11) is 1.31. The fourth-order valence-electron chi connectivity index (χ4n) is 0.974. The van der Waals surface area contributed by atoms with Gasteiger partial charge in [0.05, 0.1) is 7.11 Å². The SMILES string of the molecule is COC(=O)/C=C/NCc1ccc(F)cc1. The smallest absolute Gasteiger partial charge is 0.331 e. The van der Waals surface area contributed by atoms with E-state index in [0.717, 1.165) is 5.56 Å². The first-order valence-corrected chi connectivity index (χ1v) is 4.44. The fourth-order valence-corrected chi connectivity index (χ4v) is 0.974. The van der Waals surface area contributed by atoms with E-state index in [-0.39, 0.29) is 5.82 Å². The van der Waals surface area contributed by atoms with Gasteiger partial charge in [0.25, 0.3) is 0 Å². The molecular formula is C11H12FNO2. The Kier molecular flexibility index (Phi) is 4.34. The molecule has 1 rings (SSSR count). The Morgan fingerprint density at radius 1 is 1.47 bits per heavy atom. The molecule has 80 valence electrons. The molecule has 0 saturated heterocycles. The van der Waals surface area contributed by atoms with Crippen LogP contribution in [0.5, 0.6) is 0 Å². The molecule has 0 aliphatic rings. The maximum Gasteiger partial charge on any atom is 0.331 e. The van der Waals surface area contributed by atoms with Crippen molar-refractivity contribution in [2.75, 3.05) is 7.11 Å². The Morgan fingerprint density at radius 3 is 2.73 bits per heavy atom. The summed E-state index contributed by atoms with van der Waals surface area (Å²) in [5.41, 5.74) is 0.936. The molecule has 0 aliphatic heterocycles. The normalized spacial score (nSPS) is 10.3. The molecule has 0 bridgehead atoms. The van der Waals surface area contributed by atoms with Gasteiger partial charge >= 0.3 is 5.97 Å². The van der Waals surface area contributed by atoms with Gasteiger partial charge in [0.1, 0.15) is 5.82 Å². The first kappa shape index (κ1) is 11.2. The van der Waals surface area contributed by atoms with Gasteiger partial charge in [-0.25, -0.2) is 9.18 Å². The molecule has 0 aliphatic carbocycles. The average molecular weight is 209 g/mol. The lowest BCUT2D eigenvalue weighted by atomic mass is 10.2. The van der Waals surface area contributed by atoms with Crippen LogP contribution in [0.4, 0.5) is 4.39 Å². The minimum absolute atomic E-state index is 0.260. The van der Waals surface area contributed by atoms with Crippen LogP contribution in [0.25, 0.3) is 0 Å². The van der Waals surface area contributed by atoms with Gasteiger partial charge < -0.3 is 10.1 Å². The second kappa shape index (κ2) is 5.80. The van der Waals surface area contributed by atoms with E-state index in [1.165, 1.54) is 31.5 Å². The number of hydrogen-bond donors (Lipinski definition) is 1. The van der Waals surface area contributed by atoms with E-state index < -0.39 is 5.97 Å². The van der Waals surface area contributed by atoms with Crippen molar-refractivity contribution in [1.82, 2.24) is 5.32 Å². The molecule has 0 atom stereocenters. The Morgan fingerprint density at radius 2 is 2.13 bits per heavy atom. The van der Waals surface area contributed by atoms with E-state index in [1.807, 2.05) is 0 Å². The van der Waals surface area contributed by atoms with E-state index >= 15 is 0 Å². The molecule has 1 aromatic carbocycles. The second-order valence-electron chi connectivity index (χ2n) is 2.86. The van der Waals surface area contributed by atoms with E-state index in [0.29, 0.717) is 6.54 Å². The summed E-state index contributed by atoms with van der Waals surface area (Å²) in [5.74, 6) is -0.676. The third-order valence-corrected chi connectivity index (χ3v) is 1.76. The van der Waals surface area contributed by atoms with E-state index in [1.54, 1.807) is 12.1 Å². The highest BCUT2D eigenvalue weighted by Gasteiger charge is 1.92. The number of halogens is 1. The lowest BCUT2D eigenvalue weighted by Gasteiger charge is -2.00. The Hall–Kier alpha value is -1.84. The maximum absolute atomic E-state index is 12.5. The molecule has 15 heavy (non-hydrogen) atoms. The van der Waals surface area contributed by atoms with Crippen LogP contribution in [0.1, 0.15) is 5.56 Å². The third kappa shape index (κ3) is 4.26. The molecule has 0 unspecified atom stereocenters. The van der Waals surface area contributed by atoms with Crippen molar-refractivity contribution in [2.24, 2.45) is 0 Å². The number of carbonyl (C=O) groups excluding carboxylic acids is 1. The number of rotatable bonds is 4. The number of esters is 1. The van der Waals surface area contributed by atoms with E-state index in [2.05, 4.69) is 10.1 Å². The number of hydrogen-bond acceptors (Lipinski definition) is 3. The van der Waals surface area contributed by atoms with Crippen LogP contribution >= 0.6 is 0 Å². The molecule has 4 heteroatoms. The number of nitrogens with one attached hydrogen (secondary N) is 1. The minimum Gasteiger partial charge on any atom is -0.466 e. The fraction of sp³-hybridized carbons (Fsp3) is 0.182. The van der Waals surface area contributed by atoms with Crippen LogP contribution in [0, 0.1) is 5.82 Å². The molecular weight excluding hydrogens is 197 g/mol. The topological polar surface area (TPSA) is 38.3 Å². The van der Waals surface area contributed by atoms with Gasteiger partial charge in [-0.3, -0.25) is 0 Å². The number of ether oxygens (including phenoxy) is 1. The molecule has 0 saturated carbocycles. The predicted molar refractivity (Wildman–Crippen MR) is 54.4 cm³/mol. The molecule has 0 fully saturated rings. The van der Waals surface area contributed by atoms with Gasteiger partial charge in [-0.15, -0.1) is 0 Å². The van der Waals surface area contributed by atoms with Crippen molar-refractivity contribution >= 4 is 5.97 Å². The zero-order valence-corrected chi connectivity index (χ0v) is 8.37. The quantitative estimate of drug-likeness (QED) is 0.604. The van der Waals surface area contributed by atoms with Crippen molar-refractivity contribution < 1.29 is 13.9 Å². The highest BCUT2D eigenvalue weighted by atomic mass is 19.1. The molecule has 0 radical (unpaired) electrons. The number of carbonyl (C=O) groups is 1. The first-order chi connectivity index (χ1) is 7.22. The van der Waals surface area contributed by atoms with Gasteiger partial charge in [-0.2, -0.15) is 0 Å². The van der Waals surface area contributed by atoms with E-state index in [4.69, 9.17) is 0 Å². The number of benzene rings is 1. The Labute approximate surface area is 87.6 Å². The summed E-state index contributed by atoms with van der Waals surface area (Å²) in [4.78, 5) is 10.7. The molecule has 0 heterocycles. The van der Waals surface area contributed by atoms with Crippen molar-refractivity contribution in [2.45, 2.75) is 6.54 Å². The van der Waals surface area contributed by atoms with Crippen LogP contribution in [-0.2, 0) is 16.1 Å². The predicted octanol–water partition coefficient (Wildman–Crippen LogP) is 1.60. The van der Waals surface area contributed by atoms with Crippen LogP contribution in [0.15, 0.2) is 36.5 Å². The summed E-state index contributed by atoms with van der Waals surface area (Å²) in [5, 5.41) is 2.88. The standard InChI is InChI=1S/C11H12FNO2/c1-15-11(14)6-7-13-8-9-2-4-10(12)5-3-9/h2-7,13H,8H2,1H3/b7-6+. The lowest BCUT2D eigenvalue weighted by molar-refractivity contribution is -0.134. The molecule has 0 spiro atoms. The third-order valence-electron chi connectivity index (χ3n) is 1.76. The highest BCUT2D eigenvalue weighted by molar-refractivity contribution is 5.81. The van der Waals surface area contributed by atoms with Gasteiger partial charge in [-0.1, -0.05) is 12.1 Å². The average Bonchev–Trinajstić information content (AvgIpc) is 2.26. The van der Waals surface area contributed by atoms with E-state index in [9.17, 15) is 9.18 Å². The van der Waals surface area contributed by atoms with Crippen molar-refractivity contribution in [3.63, 3.8) is 0 Å². The summed E-state index contributed by atoms with van der Waals surface area (Å²) in [6.45, 7) is 0.535. The van der Waals surface area contributed by atoms with Crippen LogP contribution in [0.2, 0.25) is 0 Å². The molecule has 0 aromatic heterocycles. The van der Waals surface area contributed by atoms with Gasteiger partial charge in [0, 0.05) is 18.8 Å². The molecule has 1 aromatic rings. The van der Waals surface area contributed by atoms with Crippen LogP contribution < -0.4 is 5.32 Å². The van der Waals surface area contributed by atoms with Gasteiger partial charge in [-0.05, 0) is 17.7 Å². The van der Waals surface area contributed by atoms with Gasteiger partial charge in [0.2, 0.25) is 0 Å². The number of methoxy groups -OCH3 is 1. The van der Waals surface area contributed by atoms with Gasteiger partial charge in [0.15, 0.2) is 0 Å². The summed E-state index contributed by atoms with van der Waals surface area (Å²) in [6.07, 6.45) is 2.78. The van der Waals surface area contributed by atoms with Crippen molar-refractivity contribution in [3.05, 3.63) is 47.9 Å². The summed E-state index contributed by atoms with van der Waals surface area (Å²) in [6, 6.07) is 6.13. The molecule has 0 amide bonds. The zero-order valence-electron chi connectivity index (χ0n) is 8.37. The Balaban J connectivity index is 2.35. The highest BCUT2D eigenvalue weighted by Crippen LogP contribution is 2.01. The second-order valence-corrected chi connectivity index (χ2v) is 2.86. The molecule has 1 N–H and O–H groups in total. The van der Waals surface area contributed by atoms with Crippen LogP contribution in [0.3, 0.4) is 0 Å². The summed E-state index contributed by atoms with van der Waals surface area (Å²) >= 11 is 0. The largest absolute Gasteiger partial charge is 0.466 e. The van der Waals surface area contributed by atoms with Crippen molar-refractivity contribution in [1.29, 1.82) is 0 Å². The zero-order chi connectivity index (χ0) is 11.1. The Bertz CT molecular complexity index is 346. The maximum atomic E-state index is 12.5. The monoisotopic (exact) mass is 209 g/mol. The van der Waals surface area contributed by atoms with Crippen molar-refractivity contribution in [3.8, 4) is 0 Å².